The van der Waals surface area contributed by atoms with Crippen LogP contribution in [-0.4, -0.2) is 45.1 Å². The summed E-state index contributed by atoms with van der Waals surface area (Å²) in [6.07, 6.45) is 12.3. The molecule has 1 aromatic rings. The van der Waals surface area contributed by atoms with E-state index in [0.717, 1.165) is 83.5 Å². The molecule has 0 aromatic heterocycles. The van der Waals surface area contributed by atoms with E-state index in [4.69, 9.17) is 23.7 Å². The van der Waals surface area contributed by atoms with Crippen LogP contribution in [0.25, 0.3) is 0 Å². The average molecular weight is 552 g/mol. The van der Waals surface area contributed by atoms with Crippen molar-refractivity contribution in [1.29, 1.82) is 0 Å². The van der Waals surface area contributed by atoms with Gasteiger partial charge in [0.1, 0.15) is 5.56 Å². The van der Waals surface area contributed by atoms with Gasteiger partial charge in [0, 0.05) is 0 Å². The summed E-state index contributed by atoms with van der Waals surface area (Å²) >= 11 is 0. The number of methoxy groups -OCH3 is 1. The van der Waals surface area contributed by atoms with E-state index in [1.165, 1.54) is 19.2 Å². The Morgan fingerprint density at radius 1 is 0.641 bits per heavy atom. The molecule has 39 heavy (non-hydrogen) atoms. The van der Waals surface area contributed by atoms with Gasteiger partial charge in [0.2, 0.25) is 0 Å². The van der Waals surface area contributed by atoms with Crippen molar-refractivity contribution in [2.24, 2.45) is 0 Å². The van der Waals surface area contributed by atoms with Crippen LogP contribution in [0.2, 0.25) is 0 Å². The van der Waals surface area contributed by atoms with Gasteiger partial charge in [0.15, 0.2) is 11.5 Å². The number of rotatable bonds is 21. The number of carbonyl (C=O) groups excluding carboxylic acids is 3. The number of carbonyl (C=O) groups is 3. The Bertz CT molecular complexity index is 842. The molecule has 0 atom stereocenters. The molecule has 0 radical (unpaired) electrons. The molecule has 0 unspecified atom stereocenters. The van der Waals surface area contributed by atoms with Crippen LogP contribution in [-0.2, 0) is 14.2 Å². The van der Waals surface area contributed by atoms with Crippen molar-refractivity contribution in [2.75, 3.05) is 32.2 Å². The molecule has 0 saturated carbocycles. The number of nitrogens with one attached hydrogen (secondary N) is 1. The molecule has 0 aliphatic rings. The summed E-state index contributed by atoms with van der Waals surface area (Å²) in [5, 5.41) is 2.61. The van der Waals surface area contributed by atoms with Crippen molar-refractivity contribution in [3.05, 3.63) is 17.7 Å². The third-order valence-electron chi connectivity index (χ3n) is 6.14. The molecule has 1 rings (SSSR count). The van der Waals surface area contributed by atoms with Gasteiger partial charge in [-0.25, -0.2) is 14.4 Å². The van der Waals surface area contributed by atoms with Crippen LogP contribution in [0, 0.1) is 0 Å². The molecular weight excluding hydrogens is 502 g/mol. The van der Waals surface area contributed by atoms with Crippen LogP contribution in [0.5, 0.6) is 11.5 Å². The lowest BCUT2D eigenvalue weighted by atomic mass is 10.1. The molecule has 222 valence electrons. The highest BCUT2D eigenvalue weighted by Gasteiger charge is 2.25. The van der Waals surface area contributed by atoms with E-state index in [2.05, 4.69) is 26.1 Å². The fraction of sp³-hybridized carbons (Fsp3) is 0.700. The van der Waals surface area contributed by atoms with E-state index in [1.807, 2.05) is 0 Å². The number of esters is 1. The van der Waals surface area contributed by atoms with Crippen molar-refractivity contribution in [1.82, 2.24) is 0 Å². The Labute approximate surface area is 234 Å². The number of amides is 1. The van der Waals surface area contributed by atoms with E-state index in [1.54, 1.807) is 0 Å². The summed E-state index contributed by atoms with van der Waals surface area (Å²) in [5.74, 6) is -0.840. The van der Waals surface area contributed by atoms with Gasteiger partial charge in [0.25, 0.3) is 0 Å². The van der Waals surface area contributed by atoms with Gasteiger partial charge in [-0.3, -0.25) is 5.32 Å². The lowest BCUT2D eigenvalue weighted by Gasteiger charge is -2.17. The monoisotopic (exact) mass is 551 g/mol. The number of hydrogen-bond acceptors (Lipinski definition) is 8. The second-order valence-corrected chi connectivity index (χ2v) is 9.51. The molecule has 1 aromatic carbocycles. The maximum Gasteiger partial charge on any atom is 0.514 e. The molecular formula is C30H49NO8. The van der Waals surface area contributed by atoms with Crippen LogP contribution in [0.4, 0.5) is 15.3 Å². The number of benzene rings is 1. The van der Waals surface area contributed by atoms with Crippen LogP contribution in [0.1, 0.15) is 121 Å². The molecule has 0 fully saturated rings. The van der Waals surface area contributed by atoms with Crippen molar-refractivity contribution in [2.45, 2.75) is 111 Å². The molecule has 1 N–H and O–H groups in total. The highest BCUT2D eigenvalue weighted by Crippen LogP contribution is 2.39. The molecule has 0 aliphatic heterocycles. The van der Waals surface area contributed by atoms with Crippen LogP contribution >= 0.6 is 0 Å². The lowest BCUT2D eigenvalue weighted by molar-refractivity contribution is 0.0491. The summed E-state index contributed by atoms with van der Waals surface area (Å²) in [6, 6.07) is 2.91. The maximum atomic E-state index is 12.9. The normalized spacial score (nSPS) is 10.6. The lowest BCUT2D eigenvalue weighted by Crippen LogP contribution is -2.18. The number of anilines is 1. The number of ether oxygens (including phenoxy) is 5. The Morgan fingerprint density at radius 2 is 1.15 bits per heavy atom. The van der Waals surface area contributed by atoms with Gasteiger partial charge in [0.05, 0.1) is 32.6 Å². The van der Waals surface area contributed by atoms with E-state index in [9.17, 15) is 14.4 Å². The zero-order valence-corrected chi connectivity index (χ0v) is 24.4. The third-order valence-corrected chi connectivity index (χ3v) is 6.14. The predicted octanol–water partition coefficient (Wildman–Crippen LogP) is 8.44. The van der Waals surface area contributed by atoms with Crippen molar-refractivity contribution < 1.29 is 38.1 Å². The molecule has 1 amide bonds. The van der Waals surface area contributed by atoms with Gasteiger partial charge in [-0.15, -0.1) is 0 Å². The van der Waals surface area contributed by atoms with Gasteiger partial charge in [-0.1, -0.05) is 91.4 Å². The Hall–Kier alpha value is -2.97. The maximum absolute atomic E-state index is 12.9. The van der Waals surface area contributed by atoms with Crippen LogP contribution in [0.3, 0.4) is 0 Å². The second kappa shape index (κ2) is 21.9. The average Bonchev–Trinajstić information content (AvgIpc) is 2.92. The van der Waals surface area contributed by atoms with Gasteiger partial charge in [-0.05, 0) is 31.4 Å². The van der Waals surface area contributed by atoms with E-state index >= 15 is 0 Å². The highest BCUT2D eigenvalue weighted by molar-refractivity contribution is 5.97. The zero-order chi connectivity index (χ0) is 28.7. The first-order chi connectivity index (χ1) is 19.0. The molecule has 0 spiro atoms. The minimum Gasteiger partial charge on any atom is -0.491 e. The predicted molar refractivity (Wildman–Crippen MR) is 152 cm³/mol. The first kappa shape index (κ1) is 34.1. The van der Waals surface area contributed by atoms with E-state index in [-0.39, 0.29) is 42.6 Å². The van der Waals surface area contributed by atoms with Crippen molar-refractivity contribution in [3.8, 4) is 11.5 Å². The molecule has 9 heteroatoms. The third kappa shape index (κ3) is 14.7. The largest absolute Gasteiger partial charge is 0.514 e. The highest BCUT2D eigenvalue weighted by atomic mass is 16.7. The number of unbranched alkanes of at least 4 members (excludes halogenated alkanes) is 11. The Balaban J connectivity index is 2.93. The quantitative estimate of drug-likeness (QED) is 0.0701. The zero-order valence-electron chi connectivity index (χ0n) is 24.4. The van der Waals surface area contributed by atoms with Crippen molar-refractivity contribution in [3.63, 3.8) is 0 Å². The minimum absolute atomic E-state index is 0.00270. The van der Waals surface area contributed by atoms with Gasteiger partial charge < -0.3 is 23.7 Å². The fourth-order valence-electron chi connectivity index (χ4n) is 3.89. The van der Waals surface area contributed by atoms with E-state index in [0.29, 0.717) is 6.42 Å². The fourth-order valence-corrected chi connectivity index (χ4v) is 3.89. The summed E-state index contributed by atoms with van der Waals surface area (Å²) < 4.78 is 26.8. The van der Waals surface area contributed by atoms with Crippen LogP contribution < -0.4 is 14.8 Å². The Kier molecular flexibility index (Phi) is 19.1. The molecule has 0 saturated heterocycles. The summed E-state index contributed by atoms with van der Waals surface area (Å²) in [5.41, 5.74) is 0.187. The van der Waals surface area contributed by atoms with Gasteiger partial charge in [-0.2, -0.15) is 0 Å². The summed E-state index contributed by atoms with van der Waals surface area (Å²) in [4.78, 5) is 37.8. The minimum atomic E-state index is -0.965. The summed E-state index contributed by atoms with van der Waals surface area (Å²) in [6.45, 7) is 7.10. The van der Waals surface area contributed by atoms with Gasteiger partial charge >= 0.3 is 18.2 Å². The SMILES string of the molecule is CCCCCCCOC(=O)Nc1ccc(C(=O)OCCCCCC)c(OC(=O)OCCCCCCC)c1OC. The smallest absolute Gasteiger partial charge is 0.491 e. The Morgan fingerprint density at radius 3 is 1.72 bits per heavy atom. The molecule has 0 bridgehead atoms. The topological polar surface area (TPSA) is 109 Å². The standard InChI is InChI=1S/C30H49NO8/c1-5-8-11-14-17-22-37-29(33)31-25-20-19-24(28(32)36-21-16-13-10-7-3)26(27(25)35-4)39-30(34)38-23-18-15-12-9-6-2/h19-20H,5-18,21-23H2,1-4H3,(H,31,33). The molecule has 9 nitrogen and oxygen atoms in total. The molecule has 0 heterocycles. The number of hydrogen-bond donors (Lipinski definition) is 1. The second-order valence-electron chi connectivity index (χ2n) is 9.51. The first-order valence-corrected chi connectivity index (χ1v) is 14.6. The molecule has 0 aliphatic carbocycles. The van der Waals surface area contributed by atoms with Crippen molar-refractivity contribution >= 4 is 23.9 Å². The summed E-state index contributed by atoms with van der Waals surface area (Å²) in [7, 11) is 1.35. The van der Waals surface area contributed by atoms with E-state index < -0.39 is 18.2 Å². The first-order valence-electron chi connectivity index (χ1n) is 14.6. The van der Waals surface area contributed by atoms with Crippen LogP contribution in [0.15, 0.2) is 12.1 Å².